The predicted molar refractivity (Wildman–Crippen MR) is 76.1 cm³/mol. The summed E-state index contributed by atoms with van der Waals surface area (Å²) in [4.78, 5) is 22.7. The fraction of sp³-hybridized carbons (Fsp3) is 0.467. The maximum Gasteiger partial charge on any atom is 0.337 e. The van der Waals surface area contributed by atoms with Crippen LogP contribution in [0.1, 0.15) is 66.2 Å². The molecule has 104 valence electrons. The molecule has 0 spiro atoms. The molecule has 4 heteroatoms. The highest BCUT2D eigenvalue weighted by atomic mass is 35.5. The minimum Gasteiger partial charge on any atom is -0.478 e. The van der Waals surface area contributed by atoms with Crippen molar-refractivity contribution in [1.29, 1.82) is 0 Å². The Labute approximate surface area is 118 Å². The van der Waals surface area contributed by atoms with Crippen molar-refractivity contribution in [2.45, 2.75) is 45.4 Å². The minimum absolute atomic E-state index is 0.0235. The number of rotatable bonds is 8. The molecule has 0 unspecified atom stereocenters. The summed E-state index contributed by atoms with van der Waals surface area (Å²) in [5.74, 6) is -1.06. The van der Waals surface area contributed by atoms with Gasteiger partial charge in [-0.3, -0.25) is 4.79 Å². The number of Topliss-reactive ketones (excluding diaryl/α,β-unsaturated/α-hetero) is 1. The lowest BCUT2D eigenvalue weighted by molar-refractivity contribution is 0.0696. The largest absolute Gasteiger partial charge is 0.478 e. The molecule has 1 N–H and O–H groups in total. The van der Waals surface area contributed by atoms with Crippen LogP contribution in [0.15, 0.2) is 18.2 Å². The maximum absolute atomic E-state index is 11.9. The molecule has 19 heavy (non-hydrogen) atoms. The number of carbonyl (C=O) groups is 2. The fourth-order valence-corrected chi connectivity index (χ4v) is 2.16. The van der Waals surface area contributed by atoms with Crippen molar-refractivity contribution in [2.24, 2.45) is 0 Å². The lowest BCUT2D eigenvalue weighted by Crippen LogP contribution is -2.02. The number of benzene rings is 1. The molecule has 0 radical (unpaired) electrons. The van der Waals surface area contributed by atoms with Crippen LogP contribution in [-0.2, 0) is 0 Å². The van der Waals surface area contributed by atoms with Gasteiger partial charge in [0.1, 0.15) is 0 Å². The second-order valence-corrected chi connectivity index (χ2v) is 4.99. The number of carboxylic acid groups (broad SMARTS) is 1. The summed E-state index contributed by atoms with van der Waals surface area (Å²) in [6.07, 6.45) is 5.96. The van der Waals surface area contributed by atoms with Gasteiger partial charge in [-0.2, -0.15) is 0 Å². The standard InChI is InChI=1S/C15H19ClO3/c1-2-3-4-5-6-7-14(17)11-8-9-12(15(18)19)13(16)10-11/h8-10H,2-7H2,1H3,(H,18,19). The first-order valence-electron chi connectivity index (χ1n) is 6.62. The number of halogens is 1. The summed E-state index contributed by atoms with van der Waals surface area (Å²) in [5, 5.41) is 8.96. The van der Waals surface area contributed by atoms with E-state index in [9.17, 15) is 9.59 Å². The molecule has 0 amide bonds. The van der Waals surface area contributed by atoms with Crippen LogP contribution in [-0.4, -0.2) is 16.9 Å². The number of carboxylic acids is 1. The monoisotopic (exact) mass is 282 g/mol. The Morgan fingerprint density at radius 2 is 1.84 bits per heavy atom. The van der Waals surface area contributed by atoms with Crippen molar-refractivity contribution in [1.82, 2.24) is 0 Å². The summed E-state index contributed by atoms with van der Waals surface area (Å²) in [6.45, 7) is 2.15. The zero-order chi connectivity index (χ0) is 14.3. The Hall–Kier alpha value is -1.35. The number of carbonyl (C=O) groups excluding carboxylic acids is 1. The number of hydrogen-bond acceptors (Lipinski definition) is 2. The first kappa shape index (κ1) is 15.7. The van der Waals surface area contributed by atoms with Gasteiger partial charge < -0.3 is 5.11 Å². The van der Waals surface area contributed by atoms with Crippen LogP contribution in [0, 0.1) is 0 Å². The van der Waals surface area contributed by atoms with Crippen LogP contribution >= 0.6 is 11.6 Å². The number of ketones is 1. The van der Waals surface area contributed by atoms with Crippen molar-refractivity contribution in [3.8, 4) is 0 Å². The van der Waals surface area contributed by atoms with E-state index in [0.717, 1.165) is 19.3 Å². The third-order valence-corrected chi connectivity index (χ3v) is 3.34. The zero-order valence-electron chi connectivity index (χ0n) is 11.1. The molecule has 0 saturated heterocycles. The Morgan fingerprint density at radius 1 is 1.16 bits per heavy atom. The van der Waals surface area contributed by atoms with E-state index in [4.69, 9.17) is 16.7 Å². The highest BCUT2D eigenvalue weighted by Gasteiger charge is 2.12. The summed E-state index contributed by atoms with van der Waals surface area (Å²) >= 11 is 5.84. The molecule has 0 aromatic heterocycles. The van der Waals surface area contributed by atoms with Gasteiger partial charge in [0.25, 0.3) is 0 Å². The summed E-state index contributed by atoms with van der Waals surface area (Å²) in [5.41, 5.74) is 0.520. The fourth-order valence-electron chi connectivity index (χ4n) is 1.90. The molecular weight excluding hydrogens is 264 g/mol. The van der Waals surface area contributed by atoms with Gasteiger partial charge in [0, 0.05) is 12.0 Å². The van der Waals surface area contributed by atoms with Gasteiger partial charge in [-0.1, -0.05) is 50.3 Å². The van der Waals surface area contributed by atoms with Crippen molar-refractivity contribution in [3.05, 3.63) is 34.3 Å². The molecule has 1 aromatic rings. The van der Waals surface area contributed by atoms with E-state index in [1.165, 1.54) is 31.0 Å². The van der Waals surface area contributed by atoms with Gasteiger partial charge in [-0.05, 0) is 18.6 Å². The molecule has 1 rings (SSSR count). The quantitative estimate of drug-likeness (QED) is 0.561. The van der Waals surface area contributed by atoms with Crippen molar-refractivity contribution in [2.75, 3.05) is 0 Å². The van der Waals surface area contributed by atoms with Crippen LogP contribution in [0.4, 0.5) is 0 Å². The first-order valence-corrected chi connectivity index (χ1v) is 7.00. The van der Waals surface area contributed by atoms with Crippen LogP contribution < -0.4 is 0 Å². The molecule has 0 aliphatic rings. The molecule has 1 aromatic carbocycles. The van der Waals surface area contributed by atoms with Gasteiger partial charge in [-0.25, -0.2) is 4.79 Å². The normalized spacial score (nSPS) is 10.4. The van der Waals surface area contributed by atoms with Crippen molar-refractivity contribution < 1.29 is 14.7 Å². The average molecular weight is 283 g/mol. The third kappa shape index (κ3) is 5.03. The van der Waals surface area contributed by atoms with E-state index < -0.39 is 5.97 Å². The van der Waals surface area contributed by atoms with Gasteiger partial charge in [0.2, 0.25) is 0 Å². The molecule has 0 aliphatic carbocycles. The Balaban J connectivity index is 2.53. The second kappa shape index (κ2) is 7.95. The van der Waals surface area contributed by atoms with Crippen LogP contribution in [0.3, 0.4) is 0 Å². The topological polar surface area (TPSA) is 54.4 Å². The molecule has 3 nitrogen and oxygen atoms in total. The molecule has 0 heterocycles. The predicted octanol–water partition coefficient (Wildman–Crippen LogP) is 4.58. The van der Waals surface area contributed by atoms with Crippen molar-refractivity contribution in [3.63, 3.8) is 0 Å². The Bertz CT molecular complexity index is 455. The minimum atomic E-state index is -1.08. The van der Waals surface area contributed by atoms with Crippen LogP contribution in [0.2, 0.25) is 5.02 Å². The summed E-state index contributed by atoms with van der Waals surface area (Å²) in [6, 6.07) is 4.36. The molecule has 0 bridgehead atoms. The summed E-state index contributed by atoms with van der Waals surface area (Å²) < 4.78 is 0. The zero-order valence-corrected chi connectivity index (χ0v) is 11.9. The van der Waals surface area contributed by atoms with E-state index in [1.807, 2.05) is 0 Å². The van der Waals surface area contributed by atoms with E-state index in [-0.39, 0.29) is 16.4 Å². The van der Waals surface area contributed by atoms with Crippen LogP contribution in [0.25, 0.3) is 0 Å². The third-order valence-electron chi connectivity index (χ3n) is 3.03. The first-order chi connectivity index (χ1) is 9.06. The second-order valence-electron chi connectivity index (χ2n) is 4.59. The molecule has 0 aliphatic heterocycles. The van der Waals surface area contributed by atoms with E-state index in [0.29, 0.717) is 12.0 Å². The van der Waals surface area contributed by atoms with Gasteiger partial charge in [0.15, 0.2) is 5.78 Å². The van der Waals surface area contributed by atoms with Gasteiger partial charge >= 0.3 is 5.97 Å². The summed E-state index contributed by atoms with van der Waals surface area (Å²) in [7, 11) is 0. The molecular formula is C15H19ClO3. The molecule has 0 atom stereocenters. The maximum atomic E-state index is 11.9. The number of hydrogen-bond donors (Lipinski definition) is 1. The van der Waals surface area contributed by atoms with Gasteiger partial charge in [0.05, 0.1) is 10.6 Å². The Kier molecular flexibility index (Phi) is 6.57. The van der Waals surface area contributed by atoms with E-state index in [1.54, 1.807) is 0 Å². The smallest absolute Gasteiger partial charge is 0.337 e. The average Bonchev–Trinajstić information content (AvgIpc) is 2.37. The number of aromatic carboxylic acids is 1. The highest BCUT2D eigenvalue weighted by Crippen LogP contribution is 2.19. The van der Waals surface area contributed by atoms with Crippen LogP contribution in [0.5, 0.6) is 0 Å². The molecule has 0 fully saturated rings. The lowest BCUT2D eigenvalue weighted by atomic mass is 10.0. The highest BCUT2D eigenvalue weighted by molar-refractivity contribution is 6.33. The van der Waals surface area contributed by atoms with E-state index >= 15 is 0 Å². The number of unbranched alkanes of at least 4 members (excludes halogenated alkanes) is 4. The van der Waals surface area contributed by atoms with E-state index in [2.05, 4.69) is 6.92 Å². The van der Waals surface area contributed by atoms with Gasteiger partial charge in [-0.15, -0.1) is 0 Å². The molecule has 0 saturated carbocycles. The van der Waals surface area contributed by atoms with Crippen molar-refractivity contribution >= 4 is 23.4 Å². The SMILES string of the molecule is CCCCCCCC(=O)c1ccc(C(=O)O)c(Cl)c1. The lowest BCUT2D eigenvalue weighted by Gasteiger charge is -2.04. The Morgan fingerprint density at radius 3 is 2.42 bits per heavy atom.